The Bertz CT molecular complexity index is 703. The minimum absolute atomic E-state index is 0.0263. The van der Waals surface area contributed by atoms with Crippen molar-refractivity contribution >= 4 is 23.4 Å². The molecule has 0 saturated carbocycles. The van der Waals surface area contributed by atoms with E-state index in [1.165, 1.54) is 18.3 Å². The molecule has 0 atom stereocenters. The molecule has 0 aliphatic carbocycles. The molecule has 2 aromatic rings. The lowest BCUT2D eigenvalue weighted by atomic mass is 10.3. The Morgan fingerprint density at radius 2 is 2.18 bits per heavy atom. The number of benzene rings is 1. The van der Waals surface area contributed by atoms with Crippen molar-refractivity contribution in [1.82, 2.24) is 20.3 Å². The van der Waals surface area contributed by atoms with Crippen molar-refractivity contribution < 1.29 is 14.0 Å². The first-order valence-corrected chi connectivity index (χ1v) is 6.80. The van der Waals surface area contributed by atoms with E-state index in [1.54, 1.807) is 6.07 Å². The van der Waals surface area contributed by atoms with Gasteiger partial charge in [0.25, 0.3) is 5.91 Å². The summed E-state index contributed by atoms with van der Waals surface area (Å²) in [6.45, 7) is 0.278. The molecule has 3 N–H and O–H groups in total. The summed E-state index contributed by atoms with van der Waals surface area (Å²) in [6.07, 6.45) is 1.90. The van der Waals surface area contributed by atoms with E-state index in [9.17, 15) is 14.0 Å². The molecule has 0 radical (unpaired) electrons. The summed E-state index contributed by atoms with van der Waals surface area (Å²) in [5.74, 6) is -1.56. The molecule has 0 aliphatic rings. The van der Waals surface area contributed by atoms with Gasteiger partial charge in [0.2, 0.25) is 5.91 Å². The molecule has 0 spiro atoms. The van der Waals surface area contributed by atoms with E-state index in [2.05, 4.69) is 15.6 Å². The van der Waals surface area contributed by atoms with Crippen molar-refractivity contribution in [2.45, 2.75) is 12.8 Å². The number of carbonyl (C=O) groups excluding carboxylic acids is 2. The third-order valence-corrected chi connectivity index (χ3v) is 3.08. The van der Waals surface area contributed by atoms with Crippen LogP contribution in [0.4, 0.5) is 4.39 Å². The smallest absolute Gasteiger partial charge is 0.273 e. The average molecular weight is 326 g/mol. The van der Waals surface area contributed by atoms with Crippen molar-refractivity contribution in [2.24, 2.45) is 5.73 Å². The van der Waals surface area contributed by atoms with Crippen LogP contribution in [-0.4, -0.2) is 33.4 Å². The number of rotatable bonds is 6. The fraction of sp³-hybridized carbons (Fsp3) is 0.231. The molecule has 9 heteroatoms. The van der Waals surface area contributed by atoms with Gasteiger partial charge in [0, 0.05) is 13.0 Å². The zero-order valence-corrected chi connectivity index (χ0v) is 12.2. The first-order valence-electron chi connectivity index (χ1n) is 6.42. The van der Waals surface area contributed by atoms with Crippen molar-refractivity contribution in [3.8, 4) is 5.69 Å². The van der Waals surface area contributed by atoms with Crippen LogP contribution in [0.15, 0.2) is 24.4 Å². The number of nitrogens with one attached hydrogen (secondary N) is 1. The van der Waals surface area contributed by atoms with Crippen LogP contribution in [0.2, 0.25) is 5.02 Å². The standard InChI is InChI=1S/C13H13ClFN5O2/c14-8-3-1-4-10(12(8)15)20-7-9(18-19-20)13(22)17-6-2-5-11(16)21/h1,3-4,7H,2,5-6H2,(H2,16,21)(H,17,22). The van der Waals surface area contributed by atoms with Crippen LogP contribution >= 0.6 is 11.6 Å². The summed E-state index contributed by atoms with van der Waals surface area (Å²) < 4.78 is 15.0. The molecule has 22 heavy (non-hydrogen) atoms. The van der Waals surface area contributed by atoms with Gasteiger partial charge in [-0.05, 0) is 18.6 Å². The van der Waals surface area contributed by atoms with Crippen LogP contribution in [0.5, 0.6) is 0 Å². The molecule has 1 heterocycles. The Kier molecular flexibility index (Phi) is 5.05. The van der Waals surface area contributed by atoms with Gasteiger partial charge in [-0.15, -0.1) is 5.10 Å². The van der Waals surface area contributed by atoms with Crippen LogP contribution in [0.3, 0.4) is 0 Å². The molecular weight excluding hydrogens is 313 g/mol. The van der Waals surface area contributed by atoms with E-state index in [0.29, 0.717) is 6.42 Å². The predicted molar refractivity (Wildman–Crippen MR) is 77.1 cm³/mol. The minimum atomic E-state index is -0.650. The molecule has 1 aromatic heterocycles. The van der Waals surface area contributed by atoms with E-state index in [4.69, 9.17) is 17.3 Å². The number of primary amides is 1. The lowest BCUT2D eigenvalue weighted by Crippen LogP contribution is -2.25. The molecule has 0 saturated heterocycles. The Hall–Kier alpha value is -2.48. The number of hydrogen-bond acceptors (Lipinski definition) is 4. The number of nitrogens with zero attached hydrogens (tertiary/aromatic N) is 3. The van der Waals surface area contributed by atoms with Crippen LogP contribution in [0.1, 0.15) is 23.3 Å². The fourth-order valence-electron chi connectivity index (χ4n) is 1.71. The second kappa shape index (κ2) is 6.99. The maximum atomic E-state index is 13.9. The molecule has 1 aromatic carbocycles. The molecule has 0 unspecified atom stereocenters. The average Bonchev–Trinajstić information content (AvgIpc) is 2.96. The van der Waals surface area contributed by atoms with E-state index in [1.807, 2.05) is 0 Å². The van der Waals surface area contributed by atoms with Gasteiger partial charge in [0.05, 0.1) is 11.2 Å². The lowest BCUT2D eigenvalue weighted by molar-refractivity contribution is -0.118. The highest BCUT2D eigenvalue weighted by atomic mass is 35.5. The van der Waals surface area contributed by atoms with Crippen molar-refractivity contribution in [1.29, 1.82) is 0 Å². The number of aromatic nitrogens is 3. The second-order valence-electron chi connectivity index (χ2n) is 4.45. The summed E-state index contributed by atoms with van der Waals surface area (Å²) in [6, 6.07) is 4.43. The van der Waals surface area contributed by atoms with Crippen molar-refractivity contribution in [3.05, 3.63) is 40.9 Å². The van der Waals surface area contributed by atoms with Gasteiger partial charge in [-0.2, -0.15) is 0 Å². The van der Waals surface area contributed by atoms with Gasteiger partial charge in [-0.3, -0.25) is 9.59 Å². The van der Waals surface area contributed by atoms with E-state index >= 15 is 0 Å². The van der Waals surface area contributed by atoms with E-state index in [0.717, 1.165) is 4.68 Å². The van der Waals surface area contributed by atoms with Crippen LogP contribution < -0.4 is 11.1 Å². The number of hydrogen-bond donors (Lipinski definition) is 2. The predicted octanol–water partition coefficient (Wildman–Crippen LogP) is 1.06. The highest BCUT2D eigenvalue weighted by Gasteiger charge is 2.14. The SMILES string of the molecule is NC(=O)CCCNC(=O)c1cn(-c2cccc(Cl)c2F)nn1. The summed E-state index contributed by atoms with van der Waals surface area (Å²) in [4.78, 5) is 22.4. The fourth-order valence-corrected chi connectivity index (χ4v) is 1.88. The number of halogens is 2. The van der Waals surface area contributed by atoms with Crippen LogP contribution in [-0.2, 0) is 4.79 Å². The normalized spacial score (nSPS) is 10.5. The van der Waals surface area contributed by atoms with Crippen LogP contribution in [0.25, 0.3) is 5.69 Å². The number of carbonyl (C=O) groups is 2. The third-order valence-electron chi connectivity index (χ3n) is 2.79. The summed E-state index contributed by atoms with van der Waals surface area (Å²) in [5, 5.41) is 9.89. The Morgan fingerprint density at radius 3 is 2.91 bits per heavy atom. The summed E-state index contributed by atoms with van der Waals surface area (Å²) >= 11 is 5.69. The Balaban J connectivity index is 2.03. The zero-order chi connectivity index (χ0) is 16.1. The second-order valence-corrected chi connectivity index (χ2v) is 4.85. The van der Waals surface area contributed by atoms with E-state index in [-0.39, 0.29) is 29.4 Å². The van der Waals surface area contributed by atoms with Gasteiger partial charge in [0.1, 0.15) is 5.69 Å². The molecule has 7 nitrogen and oxygen atoms in total. The maximum absolute atomic E-state index is 13.9. The van der Waals surface area contributed by atoms with Crippen molar-refractivity contribution in [3.63, 3.8) is 0 Å². The first kappa shape index (κ1) is 15.9. The van der Waals surface area contributed by atoms with Crippen molar-refractivity contribution in [2.75, 3.05) is 6.54 Å². The topological polar surface area (TPSA) is 103 Å². The Morgan fingerprint density at radius 1 is 1.41 bits per heavy atom. The zero-order valence-electron chi connectivity index (χ0n) is 11.4. The van der Waals surface area contributed by atoms with Gasteiger partial charge in [-0.1, -0.05) is 22.9 Å². The molecule has 0 bridgehead atoms. The Labute approximate surface area is 130 Å². The highest BCUT2D eigenvalue weighted by molar-refractivity contribution is 6.30. The molecular formula is C13H13ClFN5O2. The molecule has 0 aliphatic heterocycles. The minimum Gasteiger partial charge on any atom is -0.370 e. The number of amides is 2. The third kappa shape index (κ3) is 3.79. The van der Waals surface area contributed by atoms with Gasteiger partial charge < -0.3 is 11.1 Å². The molecule has 116 valence electrons. The van der Waals surface area contributed by atoms with Gasteiger partial charge in [-0.25, -0.2) is 9.07 Å². The largest absolute Gasteiger partial charge is 0.370 e. The number of nitrogens with two attached hydrogens (primary N) is 1. The van der Waals surface area contributed by atoms with Gasteiger partial charge >= 0.3 is 0 Å². The molecule has 0 fully saturated rings. The molecule has 2 amide bonds. The quantitative estimate of drug-likeness (QED) is 0.775. The summed E-state index contributed by atoms with van der Waals surface area (Å²) in [7, 11) is 0. The molecule has 2 rings (SSSR count). The lowest BCUT2D eigenvalue weighted by Gasteiger charge is -2.03. The summed E-state index contributed by atoms with van der Waals surface area (Å²) in [5.41, 5.74) is 5.11. The van der Waals surface area contributed by atoms with Crippen LogP contribution in [0, 0.1) is 5.82 Å². The highest BCUT2D eigenvalue weighted by Crippen LogP contribution is 2.20. The monoisotopic (exact) mass is 325 g/mol. The first-order chi connectivity index (χ1) is 10.5. The van der Waals surface area contributed by atoms with E-state index < -0.39 is 17.6 Å². The van der Waals surface area contributed by atoms with Gasteiger partial charge in [0.15, 0.2) is 11.5 Å². The maximum Gasteiger partial charge on any atom is 0.273 e.